The van der Waals surface area contributed by atoms with Gasteiger partial charge in [0.05, 0.1) is 0 Å². The summed E-state index contributed by atoms with van der Waals surface area (Å²) in [6.07, 6.45) is 5.35. The summed E-state index contributed by atoms with van der Waals surface area (Å²) in [4.78, 5) is 2.35. The fraction of sp³-hybridized carbons (Fsp3) is 0.750. The summed E-state index contributed by atoms with van der Waals surface area (Å²) in [7, 11) is 0. The standard InChI is InChI=1S/C8H13N3S/c1-2-4-6-11(5-3-1)8-10-9-7-12-8/h7H,1-6H2. The fourth-order valence-corrected chi connectivity index (χ4v) is 2.18. The second-order valence-corrected chi connectivity index (χ2v) is 3.93. The monoisotopic (exact) mass is 183 g/mol. The zero-order chi connectivity index (χ0) is 8.23. The smallest absolute Gasteiger partial charge is 0.208 e. The normalized spacial score (nSPS) is 19.2. The first kappa shape index (κ1) is 7.98. The molecule has 1 saturated heterocycles. The molecule has 1 aliphatic rings. The van der Waals surface area contributed by atoms with Gasteiger partial charge in [0.1, 0.15) is 5.51 Å². The van der Waals surface area contributed by atoms with Crippen LogP contribution in [0.1, 0.15) is 25.7 Å². The molecule has 4 heteroatoms. The van der Waals surface area contributed by atoms with Gasteiger partial charge in [-0.15, -0.1) is 10.2 Å². The molecule has 0 radical (unpaired) electrons. The molecule has 0 saturated carbocycles. The molecule has 0 atom stereocenters. The minimum absolute atomic E-state index is 1.09. The summed E-state index contributed by atoms with van der Waals surface area (Å²) >= 11 is 1.64. The third-order valence-corrected chi connectivity index (χ3v) is 2.98. The van der Waals surface area contributed by atoms with Crippen molar-refractivity contribution in [2.75, 3.05) is 18.0 Å². The first-order valence-electron chi connectivity index (χ1n) is 4.48. The quantitative estimate of drug-likeness (QED) is 0.666. The number of hydrogen-bond donors (Lipinski definition) is 0. The topological polar surface area (TPSA) is 29.0 Å². The second kappa shape index (κ2) is 3.85. The first-order chi connectivity index (χ1) is 5.97. The summed E-state index contributed by atoms with van der Waals surface area (Å²) in [5.41, 5.74) is 1.81. The second-order valence-electron chi connectivity index (χ2n) is 3.12. The lowest BCUT2D eigenvalue weighted by molar-refractivity contribution is 0.726. The summed E-state index contributed by atoms with van der Waals surface area (Å²) < 4.78 is 0. The molecule has 1 aromatic heterocycles. The summed E-state index contributed by atoms with van der Waals surface area (Å²) in [5, 5.41) is 9.03. The van der Waals surface area contributed by atoms with Crippen LogP contribution < -0.4 is 4.90 Å². The van der Waals surface area contributed by atoms with Crippen molar-refractivity contribution in [1.29, 1.82) is 0 Å². The van der Waals surface area contributed by atoms with Gasteiger partial charge < -0.3 is 4.90 Å². The zero-order valence-corrected chi connectivity index (χ0v) is 7.89. The molecule has 0 bridgehead atoms. The SMILES string of the molecule is c1nnc(N2CCCCCC2)s1. The Balaban J connectivity index is 2.02. The molecule has 2 heterocycles. The van der Waals surface area contributed by atoms with Crippen LogP contribution in [0.3, 0.4) is 0 Å². The van der Waals surface area contributed by atoms with Gasteiger partial charge in [-0.05, 0) is 12.8 Å². The molecule has 66 valence electrons. The maximum absolute atomic E-state index is 4.08. The van der Waals surface area contributed by atoms with E-state index in [0.29, 0.717) is 0 Å². The van der Waals surface area contributed by atoms with Crippen molar-refractivity contribution in [3.05, 3.63) is 5.51 Å². The van der Waals surface area contributed by atoms with E-state index in [1.165, 1.54) is 25.7 Å². The van der Waals surface area contributed by atoms with E-state index in [4.69, 9.17) is 0 Å². The fourth-order valence-electron chi connectivity index (χ4n) is 1.57. The highest BCUT2D eigenvalue weighted by molar-refractivity contribution is 7.13. The third kappa shape index (κ3) is 1.75. The Kier molecular flexibility index (Phi) is 2.56. The van der Waals surface area contributed by atoms with Gasteiger partial charge in [-0.25, -0.2) is 0 Å². The van der Waals surface area contributed by atoms with Crippen LogP contribution in [0.2, 0.25) is 0 Å². The van der Waals surface area contributed by atoms with Crippen molar-refractivity contribution in [1.82, 2.24) is 10.2 Å². The van der Waals surface area contributed by atoms with Gasteiger partial charge in [0, 0.05) is 13.1 Å². The lowest BCUT2D eigenvalue weighted by Crippen LogP contribution is -2.23. The molecule has 1 aliphatic heterocycles. The molecule has 1 fully saturated rings. The summed E-state index contributed by atoms with van der Waals surface area (Å²) in [6.45, 7) is 2.32. The van der Waals surface area contributed by atoms with Gasteiger partial charge in [-0.2, -0.15) is 0 Å². The van der Waals surface area contributed by atoms with Crippen LogP contribution >= 0.6 is 11.3 Å². The first-order valence-corrected chi connectivity index (χ1v) is 5.36. The van der Waals surface area contributed by atoms with Gasteiger partial charge in [-0.3, -0.25) is 0 Å². The highest BCUT2D eigenvalue weighted by atomic mass is 32.1. The van der Waals surface area contributed by atoms with E-state index >= 15 is 0 Å². The van der Waals surface area contributed by atoms with E-state index in [1.807, 2.05) is 0 Å². The van der Waals surface area contributed by atoms with E-state index in [9.17, 15) is 0 Å². The van der Waals surface area contributed by atoms with Gasteiger partial charge in [0.25, 0.3) is 0 Å². The predicted octanol–water partition coefficient (Wildman–Crippen LogP) is 1.92. The highest BCUT2D eigenvalue weighted by Gasteiger charge is 2.11. The van der Waals surface area contributed by atoms with Crippen molar-refractivity contribution in [2.45, 2.75) is 25.7 Å². The van der Waals surface area contributed by atoms with E-state index in [0.717, 1.165) is 18.2 Å². The summed E-state index contributed by atoms with van der Waals surface area (Å²) in [5.74, 6) is 0. The molecule has 0 aliphatic carbocycles. The molecule has 0 amide bonds. The molecule has 1 aromatic rings. The van der Waals surface area contributed by atoms with Crippen LogP contribution in [0.15, 0.2) is 5.51 Å². The Morgan fingerprint density at radius 2 is 1.92 bits per heavy atom. The Hall–Kier alpha value is -0.640. The van der Waals surface area contributed by atoms with Crippen molar-refractivity contribution in [3.63, 3.8) is 0 Å². The number of rotatable bonds is 1. The largest absolute Gasteiger partial charge is 0.347 e. The number of aromatic nitrogens is 2. The predicted molar refractivity (Wildman–Crippen MR) is 50.6 cm³/mol. The van der Waals surface area contributed by atoms with Crippen LogP contribution in [-0.4, -0.2) is 23.3 Å². The average Bonchev–Trinajstić information content (AvgIpc) is 2.48. The molecular weight excluding hydrogens is 170 g/mol. The maximum Gasteiger partial charge on any atom is 0.208 e. The van der Waals surface area contributed by atoms with E-state index in [-0.39, 0.29) is 0 Å². The summed E-state index contributed by atoms with van der Waals surface area (Å²) in [6, 6.07) is 0. The third-order valence-electron chi connectivity index (χ3n) is 2.23. The molecule has 0 spiro atoms. The van der Waals surface area contributed by atoms with E-state index in [1.54, 1.807) is 16.8 Å². The van der Waals surface area contributed by atoms with Crippen molar-refractivity contribution in [2.24, 2.45) is 0 Å². The van der Waals surface area contributed by atoms with Gasteiger partial charge >= 0.3 is 0 Å². The Bertz CT molecular complexity index is 214. The van der Waals surface area contributed by atoms with Crippen LogP contribution in [-0.2, 0) is 0 Å². The van der Waals surface area contributed by atoms with Crippen molar-refractivity contribution >= 4 is 16.5 Å². The maximum atomic E-state index is 4.08. The van der Waals surface area contributed by atoms with Gasteiger partial charge in [0.2, 0.25) is 5.13 Å². The molecule has 0 N–H and O–H groups in total. The lowest BCUT2D eigenvalue weighted by atomic mass is 10.2. The molecule has 12 heavy (non-hydrogen) atoms. The highest BCUT2D eigenvalue weighted by Crippen LogP contribution is 2.19. The van der Waals surface area contributed by atoms with Gasteiger partial charge in [-0.1, -0.05) is 24.2 Å². The molecule has 3 nitrogen and oxygen atoms in total. The number of hydrogen-bond acceptors (Lipinski definition) is 4. The lowest BCUT2D eigenvalue weighted by Gasteiger charge is -2.17. The Morgan fingerprint density at radius 1 is 1.17 bits per heavy atom. The molecule has 0 unspecified atom stereocenters. The van der Waals surface area contributed by atoms with Crippen LogP contribution in [0.25, 0.3) is 0 Å². The van der Waals surface area contributed by atoms with E-state index in [2.05, 4.69) is 15.1 Å². The van der Waals surface area contributed by atoms with Crippen LogP contribution in [0.4, 0.5) is 5.13 Å². The number of anilines is 1. The Morgan fingerprint density at radius 3 is 2.50 bits per heavy atom. The average molecular weight is 183 g/mol. The van der Waals surface area contributed by atoms with Crippen molar-refractivity contribution in [3.8, 4) is 0 Å². The van der Waals surface area contributed by atoms with Gasteiger partial charge in [0.15, 0.2) is 0 Å². The van der Waals surface area contributed by atoms with Crippen LogP contribution in [0, 0.1) is 0 Å². The minimum Gasteiger partial charge on any atom is -0.347 e. The zero-order valence-electron chi connectivity index (χ0n) is 7.07. The molecule has 2 rings (SSSR count). The van der Waals surface area contributed by atoms with Crippen LogP contribution in [0.5, 0.6) is 0 Å². The Labute approximate surface area is 76.4 Å². The number of nitrogens with zero attached hydrogens (tertiary/aromatic N) is 3. The van der Waals surface area contributed by atoms with Crippen molar-refractivity contribution < 1.29 is 0 Å². The van der Waals surface area contributed by atoms with E-state index < -0.39 is 0 Å². The molecule has 0 aromatic carbocycles. The molecular formula is C8H13N3S. The minimum atomic E-state index is 1.09.